The number of rotatable bonds is 5. The summed E-state index contributed by atoms with van der Waals surface area (Å²) in [5.41, 5.74) is 1.28. The molecule has 0 aliphatic rings. The molecule has 100 valence electrons. The molecule has 0 aliphatic carbocycles. The van der Waals surface area contributed by atoms with Gasteiger partial charge in [0.25, 0.3) is 0 Å². The summed E-state index contributed by atoms with van der Waals surface area (Å²) in [4.78, 5) is 2.35. The number of nitrogens with one attached hydrogen (secondary N) is 1. The largest absolute Gasteiger partial charge is 0.313 e. The summed E-state index contributed by atoms with van der Waals surface area (Å²) < 4.78 is 1.14. The van der Waals surface area contributed by atoms with Gasteiger partial charge in [0, 0.05) is 25.8 Å². The highest BCUT2D eigenvalue weighted by atomic mass is 79.9. The first-order chi connectivity index (χ1) is 9.19. The zero-order valence-electron chi connectivity index (χ0n) is 10.6. The standard InChI is InChI=1S/C15H15BrClNS/c1-2-18-10-11-6-7-14(9-15(11)16)19-13-5-3-4-12(17)8-13/h3-9,18H,2,10H2,1H3. The average Bonchev–Trinajstić information content (AvgIpc) is 2.38. The Labute approximate surface area is 131 Å². The predicted octanol–water partition coefficient (Wildman–Crippen LogP) is 5.36. The van der Waals surface area contributed by atoms with Crippen molar-refractivity contribution in [3.05, 3.63) is 57.5 Å². The van der Waals surface area contributed by atoms with Crippen molar-refractivity contribution in [2.45, 2.75) is 23.3 Å². The number of benzene rings is 2. The molecule has 0 heterocycles. The Kier molecular flexibility index (Phi) is 5.76. The van der Waals surface area contributed by atoms with E-state index in [9.17, 15) is 0 Å². The molecule has 0 spiro atoms. The van der Waals surface area contributed by atoms with Gasteiger partial charge in [-0.3, -0.25) is 0 Å². The molecule has 2 rings (SSSR count). The Morgan fingerprint density at radius 3 is 2.63 bits per heavy atom. The van der Waals surface area contributed by atoms with Crippen molar-refractivity contribution in [1.29, 1.82) is 0 Å². The minimum Gasteiger partial charge on any atom is -0.313 e. The molecule has 0 unspecified atom stereocenters. The number of halogens is 2. The molecule has 19 heavy (non-hydrogen) atoms. The summed E-state index contributed by atoms with van der Waals surface area (Å²) in [5, 5.41) is 4.10. The summed E-state index contributed by atoms with van der Waals surface area (Å²) in [6, 6.07) is 14.4. The number of hydrogen-bond donors (Lipinski definition) is 1. The monoisotopic (exact) mass is 355 g/mol. The second-order valence-corrected chi connectivity index (χ2v) is 6.53. The van der Waals surface area contributed by atoms with Crippen molar-refractivity contribution >= 4 is 39.3 Å². The molecule has 0 amide bonds. The van der Waals surface area contributed by atoms with Crippen LogP contribution in [0.25, 0.3) is 0 Å². The molecular weight excluding hydrogens is 342 g/mol. The molecule has 0 atom stereocenters. The lowest BCUT2D eigenvalue weighted by Crippen LogP contribution is -2.11. The second-order valence-electron chi connectivity index (χ2n) is 4.09. The van der Waals surface area contributed by atoms with Gasteiger partial charge in [0.1, 0.15) is 0 Å². The topological polar surface area (TPSA) is 12.0 Å². The van der Waals surface area contributed by atoms with Crippen molar-refractivity contribution in [2.75, 3.05) is 6.54 Å². The summed E-state index contributed by atoms with van der Waals surface area (Å²) in [7, 11) is 0. The van der Waals surface area contributed by atoms with Crippen LogP contribution in [0.1, 0.15) is 12.5 Å². The predicted molar refractivity (Wildman–Crippen MR) is 87.1 cm³/mol. The molecular formula is C15H15BrClNS. The smallest absolute Gasteiger partial charge is 0.0417 e. The summed E-state index contributed by atoms with van der Waals surface area (Å²) in [5.74, 6) is 0. The zero-order valence-corrected chi connectivity index (χ0v) is 13.8. The van der Waals surface area contributed by atoms with Crippen LogP contribution in [0.4, 0.5) is 0 Å². The van der Waals surface area contributed by atoms with Crippen molar-refractivity contribution in [3.8, 4) is 0 Å². The van der Waals surface area contributed by atoms with E-state index < -0.39 is 0 Å². The van der Waals surface area contributed by atoms with Gasteiger partial charge in [-0.25, -0.2) is 0 Å². The third-order valence-corrected chi connectivity index (χ3v) is 4.57. The molecule has 2 aromatic carbocycles. The van der Waals surface area contributed by atoms with Crippen molar-refractivity contribution < 1.29 is 0 Å². The van der Waals surface area contributed by atoms with Gasteiger partial charge in [-0.15, -0.1) is 0 Å². The van der Waals surface area contributed by atoms with Gasteiger partial charge in [-0.05, 0) is 42.4 Å². The summed E-state index contributed by atoms with van der Waals surface area (Å²) >= 11 is 11.3. The van der Waals surface area contributed by atoms with E-state index in [1.807, 2.05) is 18.2 Å². The quantitative estimate of drug-likeness (QED) is 0.773. The van der Waals surface area contributed by atoms with Crippen LogP contribution in [0.5, 0.6) is 0 Å². The normalized spacial score (nSPS) is 10.7. The minimum absolute atomic E-state index is 0.771. The van der Waals surface area contributed by atoms with Crippen molar-refractivity contribution in [1.82, 2.24) is 5.32 Å². The lowest BCUT2D eigenvalue weighted by molar-refractivity contribution is 0.724. The molecule has 2 aromatic rings. The Morgan fingerprint density at radius 1 is 1.16 bits per heavy atom. The van der Waals surface area contributed by atoms with Gasteiger partial charge in [0.05, 0.1) is 0 Å². The van der Waals surface area contributed by atoms with Crippen molar-refractivity contribution in [2.24, 2.45) is 0 Å². The maximum atomic E-state index is 5.99. The van der Waals surface area contributed by atoms with Gasteiger partial charge >= 0.3 is 0 Å². The molecule has 0 saturated carbocycles. The average molecular weight is 357 g/mol. The molecule has 0 bridgehead atoms. The molecule has 0 saturated heterocycles. The highest BCUT2D eigenvalue weighted by Crippen LogP contribution is 2.32. The van der Waals surface area contributed by atoms with Gasteiger partial charge in [0.2, 0.25) is 0 Å². The fraction of sp³-hybridized carbons (Fsp3) is 0.200. The molecule has 1 nitrogen and oxygen atoms in total. The van der Waals surface area contributed by atoms with Crippen LogP contribution < -0.4 is 5.32 Å². The maximum absolute atomic E-state index is 5.99. The van der Waals surface area contributed by atoms with Crippen LogP contribution in [0.2, 0.25) is 5.02 Å². The highest BCUT2D eigenvalue weighted by Gasteiger charge is 2.03. The van der Waals surface area contributed by atoms with E-state index in [0.717, 1.165) is 27.5 Å². The summed E-state index contributed by atoms with van der Waals surface area (Å²) in [6.07, 6.45) is 0. The molecule has 0 fully saturated rings. The van der Waals surface area contributed by atoms with Crippen LogP contribution >= 0.6 is 39.3 Å². The molecule has 0 radical (unpaired) electrons. The maximum Gasteiger partial charge on any atom is 0.0417 e. The first-order valence-electron chi connectivity index (χ1n) is 6.11. The Hall–Kier alpha value is -0.480. The van der Waals surface area contributed by atoms with Gasteiger partial charge in [-0.1, -0.05) is 58.3 Å². The molecule has 4 heteroatoms. The Bertz CT molecular complexity index is 560. The lowest BCUT2D eigenvalue weighted by Gasteiger charge is -2.08. The molecule has 0 aromatic heterocycles. The third kappa shape index (κ3) is 4.53. The van der Waals surface area contributed by atoms with Gasteiger partial charge in [0.15, 0.2) is 0 Å². The lowest BCUT2D eigenvalue weighted by atomic mass is 10.2. The molecule has 0 aliphatic heterocycles. The fourth-order valence-corrected chi connectivity index (χ4v) is 3.50. The van der Waals surface area contributed by atoms with Crippen LogP contribution in [0, 0.1) is 0 Å². The van der Waals surface area contributed by atoms with E-state index in [1.165, 1.54) is 10.5 Å². The Balaban J connectivity index is 2.11. The summed E-state index contributed by atoms with van der Waals surface area (Å²) in [6.45, 7) is 3.97. The third-order valence-electron chi connectivity index (χ3n) is 2.62. The zero-order chi connectivity index (χ0) is 13.7. The van der Waals surface area contributed by atoms with Crippen LogP contribution in [-0.4, -0.2) is 6.54 Å². The van der Waals surface area contributed by atoms with Crippen LogP contribution in [0.15, 0.2) is 56.7 Å². The van der Waals surface area contributed by atoms with E-state index in [1.54, 1.807) is 11.8 Å². The van der Waals surface area contributed by atoms with Gasteiger partial charge in [-0.2, -0.15) is 0 Å². The number of hydrogen-bond acceptors (Lipinski definition) is 2. The Morgan fingerprint density at radius 2 is 1.95 bits per heavy atom. The van der Waals surface area contributed by atoms with E-state index in [2.05, 4.69) is 52.4 Å². The van der Waals surface area contributed by atoms with Crippen molar-refractivity contribution in [3.63, 3.8) is 0 Å². The molecule has 1 N–H and O–H groups in total. The highest BCUT2D eigenvalue weighted by molar-refractivity contribution is 9.10. The van der Waals surface area contributed by atoms with Crippen LogP contribution in [-0.2, 0) is 6.54 Å². The first-order valence-corrected chi connectivity index (χ1v) is 8.10. The van der Waals surface area contributed by atoms with Gasteiger partial charge < -0.3 is 5.32 Å². The SMILES string of the molecule is CCNCc1ccc(Sc2cccc(Cl)c2)cc1Br. The first kappa shape index (κ1) is 14.9. The van der Waals surface area contributed by atoms with E-state index in [-0.39, 0.29) is 0 Å². The second kappa shape index (κ2) is 7.34. The fourth-order valence-electron chi connectivity index (χ4n) is 1.66. The van der Waals surface area contributed by atoms with E-state index in [4.69, 9.17) is 11.6 Å². The van der Waals surface area contributed by atoms with E-state index >= 15 is 0 Å². The van der Waals surface area contributed by atoms with Crippen LogP contribution in [0.3, 0.4) is 0 Å². The minimum atomic E-state index is 0.771. The van der Waals surface area contributed by atoms with E-state index in [0.29, 0.717) is 0 Å².